The van der Waals surface area contributed by atoms with Crippen LogP contribution in [0.15, 0.2) is 18.2 Å². The van der Waals surface area contributed by atoms with Gasteiger partial charge in [-0.1, -0.05) is 24.8 Å². The summed E-state index contributed by atoms with van der Waals surface area (Å²) < 4.78 is 26.5. The normalized spacial score (nSPS) is 11.9. The van der Waals surface area contributed by atoms with Crippen molar-refractivity contribution in [1.82, 2.24) is 0 Å². The Labute approximate surface area is 119 Å². The minimum absolute atomic E-state index is 0.204. The van der Waals surface area contributed by atoms with Crippen LogP contribution in [0.3, 0.4) is 0 Å². The summed E-state index contributed by atoms with van der Waals surface area (Å²) in [6.45, 7) is 3.15. The zero-order valence-electron chi connectivity index (χ0n) is 11.3. The van der Waals surface area contributed by atoms with Crippen molar-refractivity contribution in [3.63, 3.8) is 0 Å². The first-order valence-electron chi connectivity index (χ1n) is 6.06. The molecule has 1 aromatic carbocycles. The number of nitriles is 1. The maximum atomic E-state index is 12.1. The van der Waals surface area contributed by atoms with Crippen LogP contribution in [0.25, 0.3) is 0 Å². The third-order valence-corrected chi connectivity index (χ3v) is 4.31. The maximum Gasteiger partial charge on any atom is 0.249 e. The number of hydrogen-bond acceptors (Lipinski definition) is 4. The summed E-state index contributed by atoms with van der Waals surface area (Å²) in [5, 5.41) is 16.5. The summed E-state index contributed by atoms with van der Waals surface area (Å²) in [7, 11) is -3.78. The van der Waals surface area contributed by atoms with Gasteiger partial charge in [-0.25, -0.2) is 8.42 Å². The predicted molar refractivity (Wildman–Crippen MR) is 77.4 cm³/mol. The number of aliphatic hydroxyl groups excluding tert-OH is 1. The van der Waals surface area contributed by atoms with E-state index in [2.05, 4.69) is 16.6 Å². The molecule has 6 heteroatoms. The van der Waals surface area contributed by atoms with Crippen molar-refractivity contribution in [2.75, 3.05) is 11.3 Å². The molecule has 0 aromatic heterocycles. The van der Waals surface area contributed by atoms with Crippen LogP contribution in [-0.4, -0.2) is 25.4 Å². The van der Waals surface area contributed by atoms with Crippen LogP contribution >= 0.6 is 0 Å². The third kappa shape index (κ3) is 3.99. The van der Waals surface area contributed by atoms with Crippen LogP contribution in [0.5, 0.6) is 0 Å². The molecule has 0 amide bonds. The van der Waals surface area contributed by atoms with E-state index in [1.165, 1.54) is 0 Å². The minimum atomic E-state index is -3.78. The molecule has 0 bridgehead atoms. The van der Waals surface area contributed by atoms with Crippen molar-refractivity contribution in [3.8, 4) is 17.9 Å². The SMILES string of the molecule is CCC(C#N)S(=O)(=O)Nc1cc(C)ccc1C#CCO. The molecule has 1 rings (SSSR count). The van der Waals surface area contributed by atoms with E-state index in [-0.39, 0.29) is 13.0 Å². The van der Waals surface area contributed by atoms with Crippen LogP contribution in [0.2, 0.25) is 0 Å². The van der Waals surface area contributed by atoms with Gasteiger partial charge >= 0.3 is 0 Å². The topological polar surface area (TPSA) is 90.2 Å². The highest BCUT2D eigenvalue weighted by Gasteiger charge is 2.24. The van der Waals surface area contributed by atoms with Gasteiger partial charge < -0.3 is 5.11 Å². The van der Waals surface area contributed by atoms with Gasteiger partial charge in [0.2, 0.25) is 10.0 Å². The summed E-state index contributed by atoms with van der Waals surface area (Å²) >= 11 is 0. The quantitative estimate of drug-likeness (QED) is 0.820. The Hall–Kier alpha value is -2.02. The molecule has 2 N–H and O–H groups in total. The fourth-order valence-corrected chi connectivity index (χ4v) is 2.79. The van der Waals surface area contributed by atoms with Gasteiger partial charge in [0.05, 0.1) is 11.8 Å². The Balaban J connectivity index is 3.21. The fraction of sp³-hybridized carbons (Fsp3) is 0.357. The summed E-state index contributed by atoms with van der Waals surface area (Å²) in [6.07, 6.45) is 0.204. The second-order valence-electron chi connectivity index (χ2n) is 4.18. The molecular formula is C14H16N2O3S. The molecule has 0 radical (unpaired) electrons. The average molecular weight is 292 g/mol. The number of nitrogens with zero attached hydrogens (tertiary/aromatic N) is 1. The largest absolute Gasteiger partial charge is 0.384 e. The second kappa shape index (κ2) is 6.95. The monoisotopic (exact) mass is 292 g/mol. The average Bonchev–Trinajstić information content (AvgIpc) is 2.38. The highest BCUT2D eigenvalue weighted by atomic mass is 32.2. The van der Waals surface area contributed by atoms with Gasteiger partial charge in [-0.2, -0.15) is 5.26 Å². The number of anilines is 1. The molecule has 0 heterocycles. The number of benzene rings is 1. The smallest absolute Gasteiger partial charge is 0.249 e. The minimum Gasteiger partial charge on any atom is -0.384 e. The summed E-state index contributed by atoms with van der Waals surface area (Å²) in [4.78, 5) is 0. The first-order valence-corrected chi connectivity index (χ1v) is 7.60. The number of sulfonamides is 1. The van der Waals surface area contributed by atoms with Crippen molar-refractivity contribution in [3.05, 3.63) is 29.3 Å². The van der Waals surface area contributed by atoms with E-state index in [4.69, 9.17) is 10.4 Å². The van der Waals surface area contributed by atoms with Crippen molar-refractivity contribution >= 4 is 15.7 Å². The molecule has 0 saturated heterocycles. The Kier molecular flexibility index (Phi) is 5.57. The van der Waals surface area contributed by atoms with Gasteiger partial charge in [-0.15, -0.1) is 0 Å². The third-order valence-electron chi connectivity index (χ3n) is 2.62. The molecule has 1 atom stereocenters. The number of hydrogen-bond donors (Lipinski definition) is 2. The van der Waals surface area contributed by atoms with E-state index < -0.39 is 15.3 Å². The lowest BCUT2D eigenvalue weighted by Crippen LogP contribution is -2.26. The molecule has 0 aliphatic rings. The fourth-order valence-electron chi connectivity index (χ4n) is 1.59. The van der Waals surface area contributed by atoms with Crippen LogP contribution in [0.1, 0.15) is 24.5 Å². The molecule has 1 aromatic rings. The zero-order chi connectivity index (χ0) is 15.2. The molecule has 0 spiro atoms. The Bertz CT molecular complexity index is 679. The van der Waals surface area contributed by atoms with Crippen LogP contribution < -0.4 is 4.72 Å². The number of aryl methyl sites for hydroxylation is 1. The van der Waals surface area contributed by atoms with E-state index >= 15 is 0 Å². The Morgan fingerprint density at radius 3 is 2.70 bits per heavy atom. The van der Waals surface area contributed by atoms with E-state index in [1.807, 2.05) is 6.92 Å². The summed E-state index contributed by atoms with van der Waals surface area (Å²) in [6, 6.07) is 6.87. The van der Waals surface area contributed by atoms with Gasteiger partial charge in [-0.05, 0) is 31.0 Å². The summed E-state index contributed by atoms with van der Waals surface area (Å²) in [5.74, 6) is 5.15. The Morgan fingerprint density at radius 2 is 2.15 bits per heavy atom. The lowest BCUT2D eigenvalue weighted by Gasteiger charge is -2.13. The first kappa shape index (κ1) is 16.0. The standard InChI is InChI=1S/C14H16N2O3S/c1-3-13(10-15)20(18,19)16-14-9-11(2)6-7-12(14)5-4-8-17/h6-7,9,13,16-17H,3,8H2,1-2H3. The van der Waals surface area contributed by atoms with E-state index in [9.17, 15) is 8.42 Å². The number of rotatable bonds is 4. The van der Waals surface area contributed by atoms with E-state index in [1.54, 1.807) is 31.2 Å². The lowest BCUT2D eigenvalue weighted by atomic mass is 10.1. The van der Waals surface area contributed by atoms with Crippen LogP contribution in [-0.2, 0) is 10.0 Å². The second-order valence-corrected chi connectivity index (χ2v) is 6.05. The Morgan fingerprint density at radius 1 is 1.45 bits per heavy atom. The highest BCUT2D eigenvalue weighted by Crippen LogP contribution is 2.20. The molecule has 0 fully saturated rings. The first-order chi connectivity index (χ1) is 9.44. The molecule has 5 nitrogen and oxygen atoms in total. The molecular weight excluding hydrogens is 276 g/mol. The van der Waals surface area contributed by atoms with E-state index in [0.29, 0.717) is 11.3 Å². The van der Waals surface area contributed by atoms with Gasteiger partial charge in [0.1, 0.15) is 6.61 Å². The molecule has 106 valence electrons. The van der Waals surface area contributed by atoms with Gasteiger partial charge in [0.15, 0.2) is 5.25 Å². The molecule has 0 saturated carbocycles. The van der Waals surface area contributed by atoms with Gasteiger partial charge in [0, 0.05) is 5.56 Å². The molecule has 0 aliphatic carbocycles. The number of aliphatic hydroxyl groups is 1. The summed E-state index contributed by atoms with van der Waals surface area (Å²) in [5.41, 5.74) is 1.64. The van der Waals surface area contributed by atoms with Crippen molar-refractivity contribution in [2.24, 2.45) is 0 Å². The van der Waals surface area contributed by atoms with Crippen LogP contribution in [0, 0.1) is 30.1 Å². The van der Waals surface area contributed by atoms with Crippen molar-refractivity contribution in [2.45, 2.75) is 25.5 Å². The van der Waals surface area contributed by atoms with Gasteiger partial charge in [0.25, 0.3) is 0 Å². The molecule has 0 aliphatic heterocycles. The van der Waals surface area contributed by atoms with Crippen molar-refractivity contribution < 1.29 is 13.5 Å². The lowest BCUT2D eigenvalue weighted by molar-refractivity contribution is 0.350. The molecule has 1 unspecified atom stereocenters. The predicted octanol–water partition coefficient (Wildman–Crippen LogP) is 1.38. The maximum absolute atomic E-state index is 12.1. The zero-order valence-corrected chi connectivity index (χ0v) is 12.2. The highest BCUT2D eigenvalue weighted by molar-refractivity contribution is 7.93. The molecule has 20 heavy (non-hydrogen) atoms. The van der Waals surface area contributed by atoms with Crippen LogP contribution in [0.4, 0.5) is 5.69 Å². The van der Waals surface area contributed by atoms with E-state index in [0.717, 1.165) is 5.56 Å². The van der Waals surface area contributed by atoms with Gasteiger partial charge in [-0.3, -0.25) is 4.72 Å². The van der Waals surface area contributed by atoms with Crippen molar-refractivity contribution in [1.29, 1.82) is 5.26 Å². The number of nitrogens with one attached hydrogen (secondary N) is 1.